The van der Waals surface area contributed by atoms with Crippen LogP contribution in [0.2, 0.25) is 0 Å². The first-order valence-corrected chi connectivity index (χ1v) is 8.22. The lowest BCUT2D eigenvalue weighted by Crippen LogP contribution is -2.13. The Morgan fingerprint density at radius 1 is 0.920 bits per heavy atom. The van der Waals surface area contributed by atoms with Crippen LogP contribution in [0.5, 0.6) is 0 Å². The molecule has 126 valence electrons. The van der Waals surface area contributed by atoms with Gasteiger partial charge in [0.25, 0.3) is 5.91 Å². The van der Waals surface area contributed by atoms with Crippen LogP contribution in [0.25, 0.3) is 11.3 Å². The quantitative estimate of drug-likeness (QED) is 0.757. The third-order valence-electron chi connectivity index (χ3n) is 4.01. The highest BCUT2D eigenvalue weighted by Crippen LogP contribution is 2.23. The second-order valence-corrected chi connectivity index (χ2v) is 6.95. The SMILES string of the molecule is CC(C)(C)c1ccc(NC(=O)c2ccc(-c3ccncc3)nc2)cc1. The van der Waals surface area contributed by atoms with Crippen LogP contribution in [-0.2, 0) is 5.41 Å². The van der Waals surface area contributed by atoms with Gasteiger partial charge >= 0.3 is 0 Å². The topological polar surface area (TPSA) is 54.9 Å². The lowest BCUT2D eigenvalue weighted by Gasteiger charge is -2.19. The van der Waals surface area contributed by atoms with Gasteiger partial charge in [-0.25, -0.2) is 0 Å². The third-order valence-corrected chi connectivity index (χ3v) is 4.01. The van der Waals surface area contributed by atoms with Gasteiger partial charge in [0.1, 0.15) is 0 Å². The number of anilines is 1. The summed E-state index contributed by atoms with van der Waals surface area (Å²) in [6, 6.07) is 15.3. The number of carbonyl (C=O) groups is 1. The first-order valence-electron chi connectivity index (χ1n) is 8.22. The van der Waals surface area contributed by atoms with Gasteiger partial charge in [-0.2, -0.15) is 0 Å². The molecule has 2 heterocycles. The molecule has 1 amide bonds. The molecule has 0 aliphatic rings. The van der Waals surface area contributed by atoms with Gasteiger partial charge < -0.3 is 5.32 Å². The average Bonchev–Trinajstić information content (AvgIpc) is 2.62. The number of nitrogens with zero attached hydrogens (tertiary/aromatic N) is 2. The van der Waals surface area contributed by atoms with E-state index in [9.17, 15) is 4.79 Å². The zero-order valence-electron chi connectivity index (χ0n) is 14.7. The number of hydrogen-bond acceptors (Lipinski definition) is 3. The Kier molecular flexibility index (Phi) is 4.61. The molecule has 4 nitrogen and oxygen atoms in total. The number of benzene rings is 1. The molecule has 0 fully saturated rings. The lowest BCUT2D eigenvalue weighted by molar-refractivity contribution is 0.102. The largest absolute Gasteiger partial charge is 0.322 e. The molecule has 3 aromatic rings. The number of pyridine rings is 2. The van der Waals surface area contributed by atoms with Crippen LogP contribution in [0.15, 0.2) is 67.1 Å². The number of amides is 1. The second-order valence-electron chi connectivity index (χ2n) is 6.95. The van der Waals surface area contributed by atoms with E-state index in [2.05, 4.69) is 36.1 Å². The summed E-state index contributed by atoms with van der Waals surface area (Å²) < 4.78 is 0. The fourth-order valence-corrected chi connectivity index (χ4v) is 2.48. The van der Waals surface area contributed by atoms with Crippen LogP contribution in [0.3, 0.4) is 0 Å². The normalized spacial score (nSPS) is 11.2. The van der Waals surface area contributed by atoms with Crippen LogP contribution in [0.4, 0.5) is 5.69 Å². The Labute approximate surface area is 148 Å². The van der Waals surface area contributed by atoms with Gasteiger partial charge in [-0.15, -0.1) is 0 Å². The number of nitrogens with one attached hydrogen (secondary N) is 1. The molecule has 1 N–H and O–H groups in total. The first kappa shape index (κ1) is 16.8. The predicted molar refractivity (Wildman–Crippen MR) is 101 cm³/mol. The van der Waals surface area contributed by atoms with Crippen molar-refractivity contribution in [2.45, 2.75) is 26.2 Å². The molecular formula is C21H21N3O. The summed E-state index contributed by atoms with van der Waals surface area (Å²) in [5.41, 5.74) is 4.41. The Morgan fingerprint density at radius 2 is 1.60 bits per heavy atom. The molecule has 0 spiro atoms. The number of aromatic nitrogens is 2. The number of carbonyl (C=O) groups excluding carboxylic acids is 1. The summed E-state index contributed by atoms with van der Waals surface area (Å²) in [6.45, 7) is 6.49. The predicted octanol–water partition coefficient (Wildman–Crippen LogP) is 4.69. The first-order chi connectivity index (χ1) is 11.9. The molecule has 0 unspecified atom stereocenters. The van der Waals surface area contributed by atoms with Crippen molar-refractivity contribution in [3.05, 3.63) is 78.2 Å². The fourth-order valence-electron chi connectivity index (χ4n) is 2.48. The maximum absolute atomic E-state index is 12.4. The third kappa shape index (κ3) is 4.10. The zero-order chi connectivity index (χ0) is 17.9. The fraction of sp³-hybridized carbons (Fsp3) is 0.190. The minimum atomic E-state index is -0.169. The maximum atomic E-state index is 12.4. The van der Waals surface area contributed by atoms with Crippen LogP contribution < -0.4 is 5.32 Å². The van der Waals surface area contributed by atoms with Crippen molar-refractivity contribution < 1.29 is 4.79 Å². The Balaban J connectivity index is 1.71. The molecule has 2 aromatic heterocycles. The number of rotatable bonds is 3. The van der Waals surface area contributed by atoms with Crippen molar-refractivity contribution in [2.75, 3.05) is 5.32 Å². The average molecular weight is 331 g/mol. The molecule has 0 saturated heterocycles. The van der Waals surface area contributed by atoms with Gasteiger partial charge in [0, 0.05) is 29.8 Å². The van der Waals surface area contributed by atoms with Crippen molar-refractivity contribution in [3.8, 4) is 11.3 Å². The van der Waals surface area contributed by atoms with E-state index in [1.165, 1.54) is 5.56 Å². The highest BCUT2D eigenvalue weighted by Gasteiger charge is 2.13. The summed E-state index contributed by atoms with van der Waals surface area (Å²) in [6.07, 6.45) is 5.03. The van der Waals surface area contributed by atoms with E-state index in [1.54, 1.807) is 24.7 Å². The standard InChI is InChI=1S/C21H21N3O/c1-21(2,3)17-5-7-18(8-6-17)24-20(25)16-4-9-19(23-14-16)15-10-12-22-13-11-15/h4-14H,1-3H3,(H,24,25). The molecule has 1 aromatic carbocycles. The molecule has 0 bridgehead atoms. The monoisotopic (exact) mass is 331 g/mol. The molecule has 0 saturated carbocycles. The van der Waals surface area contributed by atoms with Crippen molar-refractivity contribution in [2.24, 2.45) is 0 Å². The lowest BCUT2D eigenvalue weighted by atomic mass is 9.87. The van der Waals surface area contributed by atoms with Gasteiger partial charge in [0.15, 0.2) is 0 Å². The molecule has 25 heavy (non-hydrogen) atoms. The minimum absolute atomic E-state index is 0.0925. The van der Waals surface area contributed by atoms with Crippen LogP contribution >= 0.6 is 0 Å². The van der Waals surface area contributed by atoms with E-state index in [0.29, 0.717) is 5.56 Å². The summed E-state index contributed by atoms with van der Waals surface area (Å²) in [5.74, 6) is -0.169. The Hall–Kier alpha value is -3.01. The Morgan fingerprint density at radius 3 is 2.16 bits per heavy atom. The highest BCUT2D eigenvalue weighted by atomic mass is 16.1. The summed E-state index contributed by atoms with van der Waals surface area (Å²) in [4.78, 5) is 20.7. The molecule has 0 radical (unpaired) electrons. The van der Waals surface area contributed by atoms with Crippen LogP contribution in [0.1, 0.15) is 36.7 Å². The molecule has 4 heteroatoms. The van der Waals surface area contributed by atoms with Crippen molar-refractivity contribution in [3.63, 3.8) is 0 Å². The molecular weight excluding hydrogens is 310 g/mol. The van der Waals surface area contributed by atoms with E-state index in [0.717, 1.165) is 16.9 Å². The summed E-state index contributed by atoms with van der Waals surface area (Å²) in [7, 11) is 0. The second kappa shape index (κ2) is 6.85. The molecule has 3 rings (SSSR count). The zero-order valence-corrected chi connectivity index (χ0v) is 14.7. The van der Waals surface area contributed by atoms with Gasteiger partial charge in [-0.1, -0.05) is 32.9 Å². The van der Waals surface area contributed by atoms with E-state index in [-0.39, 0.29) is 11.3 Å². The van der Waals surface area contributed by atoms with E-state index in [4.69, 9.17) is 0 Å². The van der Waals surface area contributed by atoms with Crippen molar-refractivity contribution in [1.82, 2.24) is 9.97 Å². The van der Waals surface area contributed by atoms with Gasteiger partial charge in [0.2, 0.25) is 0 Å². The van der Waals surface area contributed by atoms with Crippen molar-refractivity contribution in [1.29, 1.82) is 0 Å². The van der Waals surface area contributed by atoms with Crippen molar-refractivity contribution >= 4 is 11.6 Å². The smallest absolute Gasteiger partial charge is 0.257 e. The van der Waals surface area contributed by atoms with E-state index >= 15 is 0 Å². The van der Waals surface area contributed by atoms with E-state index in [1.807, 2.05) is 42.5 Å². The van der Waals surface area contributed by atoms with E-state index < -0.39 is 0 Å². The summed E-state index contributed by atoms with van der Waals surface area (Å²) in [5, 5.41) is 2.91. The van der Waals surface area contributed by atoms with Gasteiger partial charge in [0.05, 0.1) is 11.3 Å². The van der Waals surface area contributed by atoms with Crippen LogP contribution in [0, 0.1) is 0 Å². The Bertz CT molecular complexity index is 848. The molecule has 0 aliphatic carbocycles. The van der Waals surface area contributed by atoms with Gasteiger partial charge in [-0.3, -0.25) is 14.8 Å². The van der Waals surface area contributed by atoms with Crippen LogP contribution in [-0.4, -0.2) is 15.9 Å². The minimum Gasteiger partial charge on any atom is -0.322 e. The maximum Gasteiger partial charge on any atom is 0.257 e. The molecule has 0 atom stereocenters. The molecule has 0 aliphatic heterocycles. The summed E-state index contributed by atoms with van der Waals surface area (Å²) >= 11 is 0. The highest BCUT2D eigenvalue weighted by molar-refractivity contribution is 6.04. The van der Waals surface area contributed by atoms with Gasteiger partial charge in [-0.05, 0) is 47.4 Å². The number of hydrogen-bond donors (Lipinski definition) is 1.